The molecule has 1 fully saturated rings. The standard InChI is InChI=1S/C12H14N2O2S/c1-17-12(9-13)4-6-14(7-5-12)11(15)10-3-2-8-16-10/h2-3,8H,4-7H2,1H3. The second-order valence-electron chi connectivity index (χ2n) is 4.08. The molecule has 0 aromatic carbocycles. The maximum Gasteiger partial charge on any atom is 0.289 e. The van der Waals surface area contributed by atoms with Crippen LogP contribution in [0.1, 0.15) is 23.4 Å². The number of nitriles is 1. The Balaban J connectivity index is 2.01. The van der Waals surface area contributed by atoms with Gasteiger partial charge in [0.15, 0.2) is 5.76 Å². The van der Waals surface area contributed by atoms with E-state index in [0.29, 0.717) is 18.8 Å². The van der Waals surface area contributed by atoms with Crippen molar-refractivity contribution in [2.45, 2.75) is 17.6 Å². The molecule has 2 heterocycles. The molecule has 0 atom stereocenters. The number of nitrogens with zero attached hydrogens (tertiary/aromatic N) is 2. The van der Waals surface area contributed by atoms with Crippen LogP contribution in [0.2, 0.25) is 0 Å². The molecular weight excluding hydrogens is 236 g/mol. The van der Waals surface area contributed by atoms with Gasteiger partial charge >= 0.3 is 0 Å². The Morgan fingerprint density at radius 1 is 1.59 bits per heavy atom. The summed E-state index contributed by atoms with van der Waals surface area (Å²) < 4.78 is 4.77. The highest BCUT2D eigenvalue weighted by Gasteiger charge is 2.35. The number of hydrogen-bond donors (Lipinski definition) is 0. The van der Waals surface area contributed by atoms with Crippen LogP contribution in [-0.4, -0.2) is 34.9 Å². The summed E-state index contributed by atoms with van der Waals surface area (Å²) in [6, 6.07) is 5.74. The molecule has 1 aromatic rings. The van der Waals surface area contributed by atoms with Crippen LogP contribution in [0.4, 0.5) is 0 Å². The van der Waals surface area contributed by atoms with Crippen molar-refractivity contribution in [3.8, 4) is 6.07 Å². The minimum atomic E-state index is -0.319. The van der Waals surface area contributed by atoms with E-state index >= 15 is 0 Å². The number of hydrogen-bond acceptors (Lipinski definition) is 4. The van der Waals surface area contributed by atoms with E-state index in [2.05, 4.69) is 6.07 Å². The van der Waals surface area contributed by atoms with Gasteiger partial charge < -0.3 is 9.32 Å². The highest BCUT2D eigenvalue weighted by Crippen LogP contribution is 2.34. The SMILES string of the molecule is CSC1(C#N)CCN(C(=O)c2ccco2)CC1. The second-order valence-corrected chi connectivity index (χ2v) is 5.27. The van der Waals surface area contributed by atoms with Gasteiger partial charge in [0.05, 0.1) is 12.3 Å². The molecule has 0 N–H and O–H groups in total. The van der Waals surface area contributed by atoms with Gasteiger partial charge in [-0.25, -0.2) is 0 Å². The maximum absolute atomic E-state index is 12.0. The summed E-state index contributed by atoms with van der Waals surface area (Å²) in [5, 5.41) is 9.16. The molecule has 1 aliphatic rings. The minimum absolute atomic E-state index is 0.0809. The Morgan fingerprint density at radius 3 is 2.76 bits per heavy atom. The van der Waals surface area contributed by atoms with Gasteiger partial charge in [-0.1, -0.05) is 0 Å². The fraction of sp³-hybridized carbons (Fsp3) is 0.500. The largest absolute Gasteiger partial charge is 0.459 e. The first-order valence-corrected chi connectivity index (χ1v) is 6.72. The molecule has 0 bridgehead atoms. The van der Waals surface area contributed by atoms with E-state index in [1.165, 1.54) is 6.26 Å². The van der Waals surface area contributed by atoms with Gasteiger partial charge in [-0.3, -0.25) is 4.79 Å². The summed E-state index contributed by atoms with van der Waals surface area (Å²) in [6.45, 7) is 1.24. The molecule has 1 aromatic heterocycles. The van der Waals surface area contributed by atoms with E-state index in [1.54, 1.807) is 28.8 Å². The van der Waals surface area contributed by atoms with Crippen molar-refractivity contribution in [2.75, 3.05) is 19.3 Å². The van der Waals surface area contributed by atoms with Crippen molar-refractivity contribution in [3.63, 3.8) is 0 Å². The van der Waals surface area contributed by atoms with Crippen LogP contribution >= 0.6 is 11.8 Å². The number of likely N-dealkylation sites (tertiary alicyclic amines) is 1. The lowest BCUT2D eigenvalue weighted by atomic mass is 9.97. The molecule has 4 nitrogen and oxygen atoms in total. The van der Waals surface area contributed by atoms with Gasteiger partial charge in [-0.05, 0) is 31.2 Å². The van der Waals surface area contributed by atoms with E-state index in [-0.39, 0.29) is 10.7 Å². The first kappa shape index (κ1) is 12.1. The van der Waals surface area contributed by atoms with E-state index in [0.717, 1.165) is 12.8 Å². The van der Waals surface area contributed by atoms with Gasteiger partial charge in [-0.15, -0.1) is 11.8 Å². The molecule has 17 heavy (non-hydrogen) atoms. The Kier molecular flexibility index (Phi) is 3.43. The molecule has 0 spiro atoms. The molecule has 0 aliphatic carbocycles. The fourth-order valence-corrected chi connectivity index (χ4v) is 2.67. The highest BCUT2D eigenvalue weighted by molar-refractivity contribution is 8.00. The fourth-order valence-electron chi connectivity index (χ4n) is 1.99. The zero-order valence-corrected chi connectivity index (χ0v) is 10.5. The number of rotatable bonds is 2. The monoisotopic (exact) mass is 250 g/mol. The normalized spacial score (nSPS) is 18.7. The predicted octanol–water partition coefficient (Wildman–Crippen LogP) is 2.14. The maximum atomic E-state index is 12.0. The Morgan fingerprint density at radius 2 is 2.29 bits per heavy atom. The van der Waals surface area contributed by atoms with Gasteiger partial charge in [-0.2, -0.15) is 5.26 Å². The number of amides is 1. The van der Waals surface area contributed by atoms with Crippen LogP contribution in [0.15, 0.2) is 22.8 Å². The molecule has 1 amide bonds. The number of piperidine rings is 1. The van der Waals surface area contributed by atoms with Gasteiger partial charge in [0.25, 0.3) is 5.91 Å². The summed E-state index contributed by atoms with van der Waals surface area (Å²) in [4.78, 5) is 13.7. The van der Waals surface area contributed by atoms with Gasteiger partial charge in [0, 0.05) is 13.1 Å². The molecular formula is C12H14N2O2S. The molecule has 1 aliphatic heterocycles. The highest BCUT2D eigenvalue weighted by atomic mass is 32.2. The summed E-state index contributed by atoms with van der Waals surface area (Å²) in [7, 11) is 0. The summed E-state index contributed by atoms with van der Waals surface area (Å²) in [5.74, 6) is 0.293. The van der Waals surface area contributed by atoms with Crippen LogP contribution in [0, 0.1) is 11.3 Å². The van der Waals surface area contributed by atoms with Crippen molar-refractivity contribution in [1.29, 1.82) is 5.26 Å². The Bertz CT molecular complexity index is 428. The van der Waals surface area contributed by atoms with Gasteiger partial charge in [0.2, 0.25) is 0 Å². The summed E-state index contributed by atoms with van der Waals surface area (Å²) >= 11 is 1.58. The third kappa shape index (κ3) is 2.32. The lowest BCUT2D eigenvalue weighted by Gasteiger charge is -2.35. The molecule has 0 radical (unpaired) electrons. The zero-order valence-electron chi connectivity index (χ0n) is 9.68. The van der Waals surface area contributed by atoms with Crippen molar-refractivity contribution < 1.29 is 9.21 Å². The van der Waals surface area contributed by atoms with Crippen molar-refractivity contribution in [1.82, 2.24) is 4.90 Å². The molecule has 0 unspecified atom stereocenters. The number of carbonyl (C=O) groups excluding carboxylic acids is 1. The third-order valence-electron chi connectivity index (χ3n) is 3.18. The van der Waals surface area contributed by atoms with Crippen LogP contribution in [0.25, 0.3) is 0 Å². The van der Waals surface area contributed by atoms with Crippen LogP contribution in [0.5, 0.6) is 0 Å². The first-order chi connectivity index (χ1) is 8.21. The number of thioether (sulfide) groups is 1. The topological polar surface area (TPSA) is 57.2 Å². The zero-order chi connectivity index (χ0) is 12.3. The predicted molar refractivity (Wildman–Crippen MR) is 65.7 cm³/mol. The minimum Gasteiger partial charge on any atom is -0.459 e. The second kappa shape index (κ2) is 4.84. The average Bonchev–Trinajstić information content (AvgIpc) is 2.92. The van der Waals surface area contributed by atoms with E-state index in [9.17, 15) is 4.79 Å². The molecule has 90 valence electrons. The summed E-state index contributed by atoms with van der Waals surface area (Å²) in [5.41, 5.74) is 0. The van der Waals surface area contributed by atoms with E-state index in [1.807, 2.05) is 6.26 Å². The molecule has 0 saturated carbocycles. The lowest BCUT2D eigenvalue weighted by Crippen LogP contribution is -2.44. The third-order valence-corrected chi connectivity index (χ3v) is 4.47. The van der Waals surface area contributed by atoms with Crippen LogP contribution < -0.4 is 0 Å². The quantitative estimate of drug-likeness (QED) is 0.807. The first-order valence-electron chi connectivity index (χ1n) is 5.50. The van der Waals surface area contributed by atoms with Crippen molar-refractivity contribution in [3.05, 3.63) is 24.2 Å². The number of carbonyl (C=O) groups is 1. The number of furan rings is 1. The molecule has 5 heteroatoms. The van der Waals surface area contributed by atoms with E-state index in [4.69, 9.17) is 9.68 Å². The van der Waals surface area contributed by atoms with Crippen molar-refractivity contribution >= 4 is 17.7 Å². The molecule has 2 rings (SSSR count). The van der Waals surface area contributed by atoms with Crippen LogP contribution in [-0.2, 0) is 0 Å². The Labute approximate surface area is 105 Å². The molecule has 1 saturated heterocycles. The summed E-state index contributed by atoms with van der Waals surface area (Å²) in [6.07, 6.45) is 4.89. The van der Waals surface area contributed by atoms with Gasteiger partial charge in [0.1, 0.15) is 4.75 Å². The average molecular weight is 250 g/mol. The lowest BCUT2D eigenvalue weighted by molar-refractivity contribution is 0.0684. The van der Waals surface area contributed by atoms with Crippen LogP contribution in [0.3, 0.4) is 0 Å². The smallest absolute Gasteiger partial charge is 0.289 e. The Hall–Kier alpha value is -1.41. The van der Waals surface area contributed by atoms with Crippen molar-refractivity contribution in [2.24, 2.45) is 0 Å². The van der Waals surface area contributed by atoms with E-state index < -0.39 is 0 Å².